The monoisotopic (exact) mass is 291 g/mol. The van der Waals surface area contributed by atoms with Crippen molar-refractivity contribution in [3.05, 3.63) is 18.2 Å². The van der Waals surface area contributed by atoms with Gasteiger partial charge in [-0.2, -0.15) is 0 Å². The number of hydrogen-bond donors (Lipinski definition) is 1. The molecule has 1 fully saturated rings. The van der Waals surface area contributed by atoms with Crippen molar-refractivity contribution in [2.75, 3.05) is 6.54 Å². The lowest BCUT2D eigenvalue weighted by Crippen LogP contribution is -2.42. The number of aryl methyl sites for hydroxylation is 1. The second-order valence-corrected chi connectivity index (χ2v) is 7.86. The highest BCUT2D eigenvalue weighted by atomic mass is 15.0. The molecule has 3 heteroatoms. The molecule has 21 heavy (non-hydrogen) atoms. The van der Waals surface area contributed by atoms with Gasteiger partial charge in [0, 0.05) is 30.9 Å². The standard InChI is InChI=1S/C18H33N3/c1-6-7-14-8-9-15(13-20-18(2,3)4)16(12-14)17-19-10-11-21(17)5/h10-11,14-16,20H,6-9,12-13H2,1-5H3. The van der Waals surface area contributed by atoms with Gasteiger partial charge in [0.25, 0.3) is 0 Å². The van der Waals surface area contributed by atoms with E-state index in [9.17, 15) is 0 Å². The van der Waals surface area contributed by atoms with Crippen LogP contribution in [0.3, 0.4) is 0 Å². The predicted octanol–water partition coefficient (Wildman–Crippen LogP) is 4.11. The zero-order valence-electron chi connectivity index (χ0n) is 14.5. The van der Waals surface area contributed by atoms with Crippen LogP contribution in [-0.2, 0) is 7.05 Å². The Morgan fingerprint density at radius 2 is 2.10 bits per heavy atom. The summed E-state index contributed by atoms with van der Waals surface area (Å²) >= 11 is 0. The molecule has 1 aliphatic rings. The first-order valence-corrected chi connectivity index (χ1v) is 8.63. The third kappa shape index (κ3) is 4.57. The van der Waals surface area contributed by atoms with E-state index in [2.05, 4.69) is 55.8 Å². The quantitative estimate of drug-likeness (QED) is 0.885. The number of rotatable bonds is 5. The largest absolute Gasteiger partial charge is 0.338 e. The number of imidazole rings is 1. The summed E-state index contributed by atoms with van der Waals surface area (Å²) < 4.78 is 2.23. The first-order valence-electron chi connectivity index (χ1n) is 8.63. The third-order valence-electron chi connectivity index (χ3n) is 4.88. The summed E-state index contributed by atoms with van der Waals surface area (Å²) in [5.41, 5.74) is 0.201. The second-order valence-electron chi connectivity index (χ2n) is 7.86. The van der Waals surface area contributed by atoms with Gasteiger partial charge in [-0.1, -0.05) is 26.2 Å². The molecule has 120 valence electrons. The molecule has 3 atom stereocenters. The summed E-state index contributed by atoms with van der Waals surface area (Å²) in [5.74, 6) is 3.52. The van der Waals surface area contributed by atoms with E-state index in [1.54, 1.807) is 0 Å². The summed E-state index contributed by atoms with van der Waals surface area (Å²) in [6.07, 6.45) is 10.8. The van der Waals surface area contributed by atoms with Crippen LogP contribution in [0.1, 0.15) is 71.5 Å². The zero-order valence-corrected chi connectivity index (χ0v) is 14.5. The van der Waals surface area contributed by atoms with Crippen molar-refractivity contribution in [2.24, 2.45) is 18.9 Å². The zero-order chi connectivity index (χ0) is 15.5. The van der Waals surface area contributed by atoms with Gasteiger partial charge in [-0.3, -0.25) is 0 Å². The van der Waals surface area contributed by atoms with E-state index in [0.717, 1.165) is 18.4 Å². The maximum absolute atomic E-state index is 4.66. The summed E-state index contributed by atoms with van der Waals surface area (Å²) in [7, 11) is 2.14. The maximum Gasteiger partial charge on any atom is 0.111 e. The number of aromatic nitrogens is 2. The summed E-state index contributed by atoms with van der Waals surface area (Å²) in [6, 6.07) is 0. The summed E-state index contributed by atoms with van der Waals surface area (Å²) in [4.78, 5) is 4.66. The molecule has 0 aromatic carbocycles. The van der Waals surface area contributed by atoms with E-state index < -0.39 is 0 Å². The molecule has 1 heterocycles. The average molecular weight is 291 g/mol. The van der Waals surface area contributed by atoms with Crippen LogP contribution in [0, 0.1) is 11.8 Å². The molecule has 1 aliphatic carbocycles. The van der Waals surface area contributed by atoms with E-state index in [-0.39, 0.29) is 5.54 Å². The van der Waals surface area contributed by atoms with Crippen molar-refractivity contribution in [1.29, 1.82) is 0 Å². The highest BCUT2D eigenvalue weighted by molar-refractivity contribution is 5.05. The molecule has 1 N–H and O–H groups in total. The molecule has 0 radical (unpaired) electrons. The van der Waals surface area contributed by atoms with Crippen LogP contribution in [0.4, 0.5) is 0 Å². The van der Waals surface area contributed by atoms with E-state index in [4.69, 9.17) is 0 Å². The van der Waals surface area contributed by atoms with Gasteiger partial charge in [-0.25, -0.2) is 4.98 Å². The van der Waals surface area contributed by atoms with Crippen molar-refractivity contribution < 1.29 is 0 Å². The Kier molecular flexibility index (Phi) is 5.48. The van der Waals surface area contributed by atoms with Crippen molar-refractivity contribution in [3.63, 3.8) is 0 Å². The fourth-order valence-corrected chi connectivity index (χ4v) is 3.72. The molecule has 0 saturated heterocycles. The molecule has 0 bridgehead atoms. The Bertz CT molecular complexity index is 430. The molecule has 2 rings (SSSR count). The van der Waals surface area contributed by atoms with Crippen molar-refractivity contribution >= 4 is 0 Å². The Labute approximate surface area is 130 Å². The predicted molar refractivity (Wildman–Crippen MR) is 89.4 cm³/mol. The van der Waals surface area contributed by atoms with Gasteiger partial charge >= 0.3 is 0 Å². The normalized spacial score (nSPS) is 27.0. The molecular formula is C18H33N3. The first kappa shape index (κ1) is 16.5. The molecule has 3 nitrogen and oxygen atoms in total. The van der Waals surface area contributed by atoms with Crippen LogP contribution in [-0.4, -0.2) is 21.6 Å². The van der Waals surface area contributed by atoms with Crippen molar-refractivity contribution in [2.45, 2.75) is 71.3 Å². The highest BCUT2D eigenvalue weighted by Crippen LogP contribution is 2.41. The van der Waals surface area contributed by atoms with Gasteiger partial charge in [0.15, 0.2) is 0 Å². The van der Waals surface area contributed by atoms with Crippen LogP contribution in [0.15, 0.2) is 12.4 Å². The highest BCUT2D eigenvalue weighted by Gasteiger charge is 2.33. The lowest BCUT2D eigenvalue weighted by Gasteiger charge is -2.37. The Morgan fingerprint density at radius 1 is 1.33 bits per heavy atom. The van der Waals surface area contributed by atoms with Gasteiger partial charge in [-0.05, 0) is 52.0 Å². The Hall–Kier alpha value is -0.830. The van der Waals surface area contributed by atoms with Gasteiger partial charge < -0.3 is 9.88 Å². The molecule has 3 unspecified atom stereocenters. The van der Waals surface area contributed by atoms with Crippen molar-refractivity contribution in [3.8, 4) is 0 Å². The maximum atomic E-state index is 4.66. The average Bonchev–Trinajstić information content (AvgIpc) is 2.83. The minimum absolute atomic E-state index is 0.201. The van der Waals surface area contributed by atoms with Crippen LogP contribution in [0.5, 0.6) is 0 Å². The summed E-state index contributed by atoms with van der Waals surface area (Å²) in [6.45, 7) is 10.2. The lowest BCUT2D eigenvalue weighted by atomic mass is 9.72. The topological polar surface area (TPSA) is 29.9 Å². The fraction of sp³-hybridized carbons (Fsp3) is 0.833. The smallest absolute Gasteiger partial charge is 0.111 e. The van der Waals surface area contributed by atoms with E-state index in [0.29, 0.717) is 5.92 Å². The van der Waals surface area contributed by atoms with E-state index >= 15 is 0 Å². The number of hydrogen-bond acceptors (Lipinski definition) is 2. The van der Waals surface area contributed by atoms with Crippen LogP contribution in [0.2, 0.25) is 0 Å². The molecule has 1 aromatic heterocycles. The second kappa shape index (κ2) is 6.95. The van der Waals surface area contributed by atoms with E-state index in [1.807, 2.05) is 6.20 Å². The first-order chi connectivity index (χ1) is 9.90. The molecule has 1 aromatic rings. The van der Waals surface area contributed by atoms with Gasteiger partial charge in [0.05, 0.1) is 0 Å². The molecule has 1 saturated carbocycles. The van der Waals surface area contributed by atoms with E-state index in [1.165, 1.54) is 37.9 Å². The molecular weight excluding hydrogens is 258 g/mol. The Morgan fingerprint density at radius 3 is 2.67 bits per heavy atom. The summed E-state index contributed by atoms with van der Waals surface area (Å²) in [5, 5.41) is 3.71. The van der Waals surface area contributed by atoms with Crippen LogP contribution < -0.4 is 5.32 Å². The minimum atomic E-state index is 0.201. The number of nitrogens with one attached hydrogen (secondary N) is 1. The molecule has 0 spiro atoms. The van der Waals surface area contributed by atoms with Gasteiger partial charge in [0.2, 0.25) is 0 Å². The minimum Gasteiger partial charge on any atom is -0.338 e. The van der Waals surface area contributed by atoms with Crippen LogP contribution in [0.25, 0.3) is 0 Å². The molecule has 0 amide bonds. The fourth-order valence-electron chi connectivity index (χ4n) is 3.72. The van der Waals surface area contributed by atoms with Crippen LogP contribution >= 0.6 is 0 Å². The lowest BCUT2D eigenvalue weighted by molar-refractivity contribution is 0.201. The molecule has 0 aliphatic heterocycles. The SMILES string of the molecule is CCCC1CCC(CNC(C)(C)C)C(c2nccn2C)C1. The van der Waals surface area contributed by atoms with Gasteiger partial charge in [0.1, 0.15) is 5.82 Å². The van der Waals surface area contributed by atoms with Crippen molar-refractivity contribution in [1.82, 2.24) is 14.9 Å². The number of nitrogens with zero attached hydrogens (tertiary/aromatic N) is 2. The Balaban J connectivity index is 2.09. The van der Waals surface area contributed by atoms with Gasteiger partial charge in [-0.15, -0.1) is 0 Å². The third-order valence-corrected chi connectivity index (χ3v) is 4.88.